The van der Waals surface area contributed by atoms with Crippen LogP contribution in [0.2, 0.25) is 0 Å². The number of hydrogen-bond donors (Lipinski definition) is 1. The molecule has 1 saturated carbocycles. The van der Waals surface area contributed by atoms with E-state index in [2.05, 4.69) is 58.1 Å². The van der Waals surface area contributed by atoms with Crippen molar-refractivity contribution in [1.82, 2.24) is 5.32 Å². The molecule has 0 aromatic heterocycles. The minimum Gasteiger partial charge on any atom is -0.311 e. The van der Waals surface area contributed by atoms with E-state index in [-0.39, 0.29) is 5.54 Å². The molecule has 1 N–H and O–H groups in total. The molecule has 1 aliphatic rings. The second-order valence-electron chi connectivity index (χ2n) is 8.17. The number of aryl methyl sites for hydroxylation is 2. The lowest BCUT2D eigenvalue weighted by atomic mass is 9.73. The summed E-state index contributed by atoms with van der Waals surface area (Å²) in [6, 6.07) is 7.16. The van der Waals surface area contributed by atoms with Crippen LogP contribution in [-0.4, -0.2) is 12.1 Å². The standard InChI is InChI=1S/C20H33N/c1-16-12-17(2)14-18(13-16)20(15-21-19(3,4)5)10-8-6-7-9-11-20/h12-14,21H,6-11,15H2,1-5H3. The van der Waals surface area contributed by atoms with E-state index in [0.717, 1.165) is 6.54 Å². The van der Waals surface area contributed by atoms with Crippen molar-refractivity contribution in [3.8, 4) is 0 Å². The molecule has 0 spiro atoms. The largest absolute Gasteiger partial charge is 0.311 e. The smallest absolute Gasteiger partial charge is 0.00968 e. The molecule has 0 radical (unpaired) electrons. The Labute approximate surface area is 131 Å². The van der Waals surface area contributed by atoms with Crippen molar-refractivity contribution in [3.63, 3.8) is 0 Å². The van der Waals surface area contributed by atoms with E-state index in [9.17, 15) is 0 Å². The molecule has 1 nitrogen and oxygen atoms in total. The van der Waals surface area contributed by atoms with Crippen LogP contribution in [-0.2, 0) is 5.41 Å². The fourth-order valence-corrected chi connectivity index (χ4v) is 3.69. The molecule has 1 aromatic rings. The summed E-state index contributed by atoms with van der Waals surface area (Å²) >= 11 is 0. The van der Waals surface area contributed by atoms with Crippen LogP contribution in [0.4, 0.5) is 0 Å². The van der Waals surface area contributed by atoms with Gasteiger partial charge >= 0.3 is 0 Å². The first kappa shape index (κ1) is 16.5. The fourth-order valence-electron chi connectivity index (χ4n) is 3.69. The average molecular weight is 287 g/mol. The highest BCUT2D eigenvalue weighted by Gasteiger charge is 2.34. The van der Waals surface area contributed by atoms with Gasteiger partial charge in [0.1, 0.15) is 0 Å². The van der Waals surface area contributed by atoms with E-state index in [0.29, 0.717) is 5.41 Å². The minimum absolute atomic E-state index is 0.193. The van der Waals surface area contributed by atoms with Gasteiger partial charge in [-0.1, -0.05) is 55.0 Å². The summed E-state index contributed by atoms with van der Waals surface area (Å²) in [6.07, 6.45) is 8.22. The molecule has 1 aromatic carbocycles. The Bertz CT molecular complexity index is 439. The predicted octanol–water partition coefficient (Wildman–Crippen LogP) is 5.28. The van der Waals surface area contributed by atoms with E-state index in [1.165, 1.54) is 49.7 Å². The highest BCUT2D eigenvalue weighted by molar-refractivity contribution is 5.35. The maximum atomic E-state index is 3.80. The van der Waals surface area contributed by atoms with Gasteiger partial charge in [-0.2, -0.15) is 0 Å². The molecule has 2 rings (SSSR count). The molecule has 1 heteroatoms. The highest BCUT2D eigenvalue weighted by atomic mass is 15.0. The zero-order valence-electron chi connectivity index (χ0n) is 14.7. The van der Waals surface area contributed by atoms with Gasteiger partial charge in [-0.3, -0.25) is 0 Å². The Morgan fingerprint density at radius 1 is 0.905 bits per heavy atom. The molecule has 0 aliphatic heterocycles. The summed E-state index contributed by atoms with van der Waals surface area (Å²) in [5.74, 6) is 0. The summed E-state index contributed by atoms with van der Waals surface area (Å²) in [5.41, 5.74) is 4.91. The van der Waals surface area contributed by atoms with E-state index < -0.39 is 0 Å². The number of hydrogen-bond acceptors (Lipinski definition) is 1. The maximum absolute atomic E-state index is 3.80. The van der Waals surface area contributed by atoms with Crippen molar-refractivity contribution in [1.29, 1.82) is 0 Å². The van der Waals surface area contributed by atoms with E-state index >= 15 is 0 Å². The predicted molar refractivity (Wildman–Crippen MR) is 93.1 cm³/mol. The molecule has 0 heterocycles. The number of benzene rings is 1. The molecular formula is C20H33N. The quantitative estimate of drug-likeness (QED) is 0.745. The summed E-state index contributed by atoms with van der Waals surface area (Å²) < 4.78 is 0. The Hall–Kier alpha value is -0.820. The molecule has 0 bridgehead atoms. The van der Waals surface area contributed by atoms with Crippen molar-refractivity contribution in [2.75, 3.05) is 6.54 Å². The minimum atomic E-state index is 0.193. The molecule has 0 saturated heterocycles. The second-order valence-corrected chi connectivity index (χ2v) is 8.17. The van der Waals surface area contributed by atoms with Crippen molar-refractivity contribution in [2.24, 2.45) is 0 Å². The average Bonchev–Trinajstić information content (AvgIpc) is 2.61. The van der Waals surface area contributed by atoms with Gasteiger partial charge in [0.15, 0.2) is 0 Å². The lowest BCUT2D eigenvalue weighted by Crippen LogP contribution is -2.46. The molecule has 21 heavy (non-hydrogen) atoms. The molecule has 0 amide bonds. The van der Waals surface area contributed by atoms with Crippen LogP contribution in [0.25, 0.3) is 0 Å². The first-order valence-corrected chi connectivity index (χ1v) is 8.65. The lowest BCUT2D eigenvalue weighted by Gasteiger charge is -2.37. The first-order valence-electron chi connectivity index (χ1n) is 8.65. The van der Waals surface area contributed by atoms with E-state index in [1.807, 2.05) is 0 Å². The third-order valence-electron chi connectivity index (χ3n) is 4.85. The molecule has 1 aliphatic carbocycles. The highest BCUT2D eigenvalue weighted by Crippen LogP contribution is 2.39. The SMILES string of the molecule is Cc1cc(C)cc(C2(CNC(C)(C)C)CCCCCC2)c1. The summed E-state index contributed by atoms with van der Waals surface area (Å²) in [5, 5.41) is 3.80. The molecule has 1 fully saturated rings. The van der Waals surface area contributed by atoms with Crippen molar-refractivity contribution >= 4 is 0 Å². The maximum Gasteiger partial charge on any atom is 0.00968 e. The van der Waals surface area contributed by atoms with Crippen LogP contribution in [0.1, 0.15) is 76.0 Å². The van der Waals surface area contributed by atoms with Crippen LogP contribution in [0.15, 0.2) is 18.2 Å². The van der Waals surface area contributed by atoms with Crippen LogP contribution >= 0.6 is 0 Å². The molecule has 118 valence electrons. The third-order valence-corrected chi connectivity index (χ3v) is 4.85. The summed E-state index contributed by atoms with van der Waals surface area (Å²) in [7, 11) is 0. The normalized spacial score (nSPS) is 19.3. The van der Waals surface area contributed by atoms with Gasteiger partial charge in [0.05, 0.1) is 0 Å². The van der Waals surface area contributed by atoms with Gasteiger partial charge in [0, 0.05) is 17.5 Å². The monoisotopic (exact) mass is 287 g/mol. The van der Waals surface area contributed by atoms with Crippen LogP contribution in [0.3, 0.4) is 0 Å². The van der Waals surface area contributed by atoms with Gasteiger partial charge in [0.25, 0.3) is 0 Å². The molecule has 0 unspecified atom stereocenters. The van der Waals surface area contributed by atoms with Gasteiger partial charge in [-0.05, 0) is 53.0 Å². The zero-order valence-corrected chi connectivity index (χ0v) is 14.7. The Kier molecular flexibility index (Phi) is 5.14. The first-order chi connectivity index (χ1) is 9.81. The number of rotatable bonds is 3. The third kappa shape index (κ3) is 4.57. The Morgan fingerprint density at radius 2 is 1.43 bits per heavy atom. The molecular weight excluding hydrogens is 254 g/mol. The van der Waals surface area contributed by atoms with Gasteiger partial charge < -0.3 is 5.32 Å². The van der Waals surface area contributed by atoms with Crippen LogP contribution < -0.4 is 5.32 Å². The van der Waals surface area contributed by atoms with Gasteiger partial charge in [-0.25, -0.2) is 0 Å². The Morgan fingerprint density at radius 3 is 1.90 bits per heavy atom. The van der Waals surface area contributed by atoms with Crippen molar-refractivity contribution < 1.29 is 0 Å². The van der Waals surface area contributed by atoms with E-state index in [1.54, 1.807) is 5.56 Å². The van der Waals surface area contributed by atoms with Gasteiger partial charge in [-0.15, -0.1) is 0 Å². The molecule has 0 atom stereocenters. The van der Waals surface area contributed by atoms with Crippen molar-refractivity contribution in [2.45, 2.75) is 84.1 Å². The fraction of sp³-hybridized carbons (Fsp3) is 0.700. The Balaban J connectivity index is 2.33. The zero-order chi connectivity index (χ0) is 15.5. The van der Waals surface area contributed by atoms with E-state index in [4.69, 9.17) is 0 Å². The van der Waals surface area contributed by atoms with Crippen LogP contribution in [0.5, 0.6) is 0 Å². The summed E-state index contributed by atoms with van der Waals surface area (Å²) in [4.78, 5) is 0. The second kappa shape index (κ2) is 6.52. The summed E-state index contributed by atoms with van der Waals surface area (Å²) in [6.45, 7) is 12.4. The van der Waals surface area contributed by atoms with Crippen LogP contribution in [0, 0.1) is 13.8 Å². The number of nitrogens with one attached hydrogen (secondary N) is 1. The van der Waals surface area contributed by atoms with Gasteiger partial charge in [0.2, 0.25) is 0 Å². The topological polar surface area (TPSA) is 12.0 Å². The van der Waals surface area contributed by atoms with Crippen molar-refractivity contribution in [3.05, 3.63) is 34.9 Å². The lowest BCUT2D eigenvalue weighted by molar-refractivity contribution is 0.300.